The van der Waals surface area contributed by atoms with Gasteiger partial charge in [0, 0.05) is 37.4 Å². The molecule has 3 rings (SSSR count). The van der Waals surface area contributed by atoms with Crippen LogP contribution < -0.4 is 0 Å². The lowest BCUT2D eigenvalue weighted by molar-refractivity contribution is -0.0278. The Bertz CT molecular complexity index is 694. The van der Waals surface area contributed by atoms with Crippen LogP contribution in [-0.2, 0) is 18.7 Å². The maximum atomic E-state index is 11.0. The van der Waals surface area contributed by atoms with Crippen molar-refractivity contribution in [1.29, 1.82) is 0 Å². The highest BCUT2D eigenvalue weighted by atomic mass is 16.3. The Hall–Kier alpha value is -1.65. The van der Waals surface area contributed by atoms with E-state index in [1.54, 1.807) is 0 Å². The van der Waals surface area contributed by atoms with Crippen molar-refractivity contribution in [3.8, 4) is 0 Å². The molecule has 2 aromatic rings. The lowest BCUT2D eigenvalue weighted by Crippen LogP contribution is -2.42. The van der Waals surface area contributed by atoms with Crippen molar-refractivity contribution < 1.29 is 5.11 Å². The van der Waals surface area contributed by atoms with E-state index >= 15 is 0 Å². The van der Waals surface area contributed by atoms with E-state index in [1.807, 2.05) is 0 Å². The van der Waals surface area contributed by atoms with Crippen LogP contribution in [-0.4, -0.2) is 32.9 Å². The molecule has 130 valence electrons. The van der Waals surface area contributed by atoms with E-state index in [0.29, 0.717) is 0 Å². The molecule has 0 aliphatic carbocycles. The molecule has 2 heterocycles. The number of likely N-dealkylation sites (tertiary alicyclic amines) is 1. The third-order valence-corrected chi connectivity index (χ3v) is 5.48. The second kappa shape index (κ2) is 6.69. The molecule has 4 heteroatoms. The van der Waals surface area contributed by atoms with Gasteiger partial charge in [0.1, 0.15) is 0 Å². The van der Waals surface area contributed by atoms with Gasteiger partial charge in [0.05, 0.1) is 11.3 Å². The Morgan fingerprint density at radius 1 is 1.08 bits per heavy atom. The van der Waals surface area contributed by atoms with Crippen LogP contribution in [0.1, 0.15) is 47.8 Å². The third-order valence-electron chi connectivity index (χ3n) is 5.48. The number of hydrogen-bond acceptors (Lipinski definition) is 3. The normalized spacial score (nSPS) is 18.0. The zero-order chi connectivity index (χ0) is 17.3. The highest BCUT2D eigenvalue weighted by Gasteiger charge is 2.34. The molecule has 0 amide bonds. The minimum Gasteiger partial charge on any atom is -0.385 e. The zero-order valence-corrected chi connectivity index (χ0v) is 15.3. The van der Waals surface area contributed by atoms with Crippen molar-refractivity contribution in [2.24, 2.45) is 0 Å². The molecule has 1 aromatic carbocycles. The fourth-order valence-electron chi connectivity index (χ4n) is 3.73. The first-order chi connectivity index (χ1) is 11.4. The predicted octanol–water partition coefficient (Wildman–Crippen LogP) is 3.31. The standard InChI is InChI=1S/C20H29N3O/c1-5-23-17(4)19(16(3)21-23)14-22-12-10-20(24,11-13-22)18-8-6-15(2)7-9-18/h6-9,24H,5,10-14H2,1-4H3. The van der Waals surface area contributed by atoms with Crippen LogP contribution >= 0.6 is 0 Å². The third kappa shape index (κ3) is 3.26. The smallest absolute Gasteiger partial charge is 0.0920 e. The Morgan fingerprint density at radius 2 is 1.71 bits per heavy atom. The van der Waals surface area contributed by atoms with E-state index in [2.05, 4.69) is 66.6 Å². The second-order valence-electron chi connectivity index (χ2n) is 7.14. The van der Waals surface area contributed by atoms with Gasteiger partial charge in [-0.05, 0) is 46.1 Å². The predicted molar refractivity (Wildman–Crippen MR) is 97.0 cm³/mol. The fourth-order valence-corrected chi connectivity index (χ4v) is 3.73. The van der Waals surface area contributed by atoms with Gasteiger partial charge in [-0.3, -0.25) is 9.58 Å². The summed E-state index contributed by atoms with van der Waals surface area (Å²) in [6.07, 6.45) is 1.58. The fraction of sp³-hybridized carbons (Fsp3) is 0.550. The minimum absolute atomic E-state index is 0.679. The first-order valence-corrected chi connectivity index (χ1v) is 8.97. The number of hydrogen-bond donors (Lipinski definition) is 1. The number of aromatic nitrogens is 2. The minimum atomic E-state index is -0.679. The van der Waals surface area contributed by atoms with Gasteiger partial charge >= 0.3 is 0 Å². The number of aliphatic hydroxyl groups is 1. The van der Waals surface area contributed by atoms with E-state index in [4.69, 9.17) is 0 Å². The Labute approximate surface area is 145 Å². The van der Waals surface area contributed by atoms with Gasteiger partial charge in [0.25, 0.3) is 0 Å². The largest absolute Gasteiger partial charge is 0.385 e. The van der Waals surface area contributed by atoms with Gasteiger partial charge in [-0.15, -0.1) is 0 Å². The SMILES string of the molecule is CCn1nc(C)c(CN2CCC(O)(c3ccc(C)cc3)CC2)c1C. The molecule has 1 N–H and O–H groups in total. The molecule has 0 radical (unpaired) electrons. The molecule has 1 aromatic heterocycles. The Morgan fingerprint density at radius 3 is 2.25 bits per heavy atom. The summed E-state index contributed by atoms with van der Waals surface area (Å²) in [5.41, 5.74) is 5.36. The van der Waals surface area contributed by atoms with Gasteiger partial charge in [-0.1, -0.05) is 29.8 Å². The van der Waals surface area contributed by atoms with Gasteiger partial charge in [-0.2, -0.15) is 5.10 Å². The molecule has 4 nitrogen and oxygen atoms in total. The summed E-state index contributed by atoms with van der Waals surface area (Å²) < 4.78 is 2.08. The van der Waals surface area contributed by atoms with Crippen molar-refractivity contribution in [3.05, 3.63) is 52.3 Å². The lowest BCUT2D eigenvalue weighted by atomic mass is 9.84. The van der Waals surface area contributed by atoms with Crippen molar-refractivity contribution >= 4 is 0 Å². The van der Waals surface area contributed by atoms with Crippen molar-refractivity contribution in [2.75, 3.05) is 13.1 Å². The highest BCUT2D eigenvalue weighted by Crippen LogP contribution is 2.33. The lowest BCUT2D eigenvalue weighted by Gasteiger charge is -2.38. The van der Waals surface area contributed by atoms with Crippen molar-refractivity contribution in [3.63, 3.8) is 0 Å². The highest BCUT2D eigenvalue weighted by molar-refractivity contribution is 5.28. The average molecular weight is 327 g/mol. The molecular weight excluding hydrogens is 298 g/mol. The van der Waals surface area contributed by atoms with Crippen LogP contribution in [0, 0.1) is 20.8 Å². The van der Waals surface area contributed by atoms with Crippen molar-refractivity contribution in [2.45, 2.75) is 59.2 Å². The number of benzene rings is 1. The van der Waals surface area contributed by atoms with Crippen LogP contribution in [0.15, 0.2) is 24.3 Å². The Kier molecular flexibility index (Phi) is 4.79. The average Bonchev–Trinajstić information content (AvgIpc) is 2.85. The summed E-state index contributed by atoms with van der Waals surface area (Å²) in [6.45, 7) is 12.2. The van der Waals surface area contributed by atoms with E-state index in [-0.39, 0.29) is 0 Å². The summed E-state index contributed by atoms with van der Waals surface area (Å²) >= 11 is 0. The van der Waals surface area contributed by atoms with E-state index < -0.39 is 5.60 Å². The molecule has 0 unspecified atom stereocenters. The van der Waals surface area contributed by atoms with Gasteiger partial charge in [0.15, 0.2) is 0 Å². The quantitative estimate of drug-likeness (QED) is 0.937. The van der Waals surface area contributed by atoms with Crippen molar-refractivity contribution in [1.82, 2.24) is 14.7 Å². The summed E-state index contributed by atoms with van der Waals surface area (Å²) in [5, 5.41) is 15.6. The molecule has 1 aliphatic heterocycles. The maximum absolute atomic E-state index is 11.0. The molecule has 1 fully saturated rings. The van der Waals surface area contributed by atoms with E-state index in [0.717, 1.165) is 50.3 Å². The molecule has 0 spiro atoms. The number of aryl methyl sites for hydroxylation is 3. The first kappa shape index (κ1) is 17.2. The monoisotopic (exact) mass is 327 g/mol. The number of nitrogens with zero attached hydrogens (tertiary/aromatic N) is 3. The zero-order valence-electron chi connectivity index (χ0n) is 15.3. The van der Waals surface area contributed by atoms with Gasteiger partial charge in [0.2, 0.25) is 0 Å². The van der Waals surface area contributed by atoms with Gasteiger partial charge < -0.3 is 5.11 Å². The van der Waals surface area contributed by atoms with Crippen LogP contribution in [0.2, 0.25) is 0 Å². The summed E-state index contributed by atoms with van der Waals surface area (Å²) in [6, 6.07) is 8.33. The Balaban J connectivity index is 1.67. The maximum Gasteiger partial charge on any atom is 0.0920 e. The first-order valence-electron chi connectivity index (χ1n) is 8.97. The number of piperidine rings is 1. The molecule has 0 atom stereocenters. The summed E-state index contributed by atoms with van der Waals surface area (Å²) in [4.78, 5) is 2.44. The summed E-state index contributed by atoms with van der Waals surface area (Å²) in [5.74, 6) is 0. The molecule has 0 bridgehead atoms. The number of rotatable bonds is 4. The van der Waals surface area contributed by atoms with Crippen LogP contribution in [0.5, 0.6) is 0 Å². The summed E-state index contributed by atoms with van der Waals surface area (Å²) in [7, 11) is 0. The van der Waals surface area contributed by atoms with E-state index in [9.17, 15) is 5.11 Å². The van der Waals surface area contributed by atoms with E-state index in [1.165, 1.54) is 16.8 Å². The van der Waals surface area contributed by atoms with Gasteiger partial charge in [-0.25, -0.2) is 0 Å². The van der Waals surface area contributed by atoms with Crippen LogP contribution in [0.25, 0.3) is 0 Å². The molecule has 1 aliphatic rings. The molecule has 0 saturated carbocycles. The molecule has 24 heavy (non-hydrogen) atoms. The molecular formula is C20H29N3O. The van der Waals surface area contributed by atoms with Crippen LogP contribution in [0.4, 0.5) is 0 Å². The van der Waals surface area contributed by atoms with Crippen LogP contribution in [0.3, 0.4) is 0 Å². The molecule has 1 saturated heterocycles. The topological polar surface area (TPSA) is 41.3 Å². The second-order valence-corrected chi connectivity index (χ2v) is 7.14.